The van der Waals surface area contributed by atoms with Crippen molar-refractivity contribution in [2.75, 3.05) is 26.2 Å². The Labute approximate surface area is 178 Å². The first kappa shape index (κ1) is 22.9. The Kier molecular flexibility index (Phi) is 8.22. The minimum Gasteiger partial charge on any atom is -0.352 e. The highest BCUT2D eigenvalue weighted by molar-refractivity contribution is 5.94. The van der Waals surface area contributed by atoms with E-state index in [2.05, 4.69) is 15.7 Å². The highest BCUT2D eigenvalue weighted by Crippen LogP contribution is 2.27. The Bertz CT molecular complexity index is 817. The number of hydrogen-bond acceptors (Lipinski definition) is 4. The maximum Gasteiger partial charge on any atom is 0.253 e. The van der Waals surface area contributed by atoms with E-state index in [0.717, 1.165) is 17.7 Å². The predicted molar refractivity (Wildman–Crippen MR) is 115 cm³/mol. The van der Waals surface area contributed by atoms with E-state index < -0.39 is 0 Å². The molecule has 0 saturated carbocycles. The largest absolute Gasteiger partial charge is 0.352 e. The molecule has 8 heteroatoms. The molecule has 2 atom stereocenters. The summed E-state index contributed by atoms with van der Waals surface area (Å²) in [4.78, 5) is 26.9. The quantitative estimate of drug-likeness (QED) is 0.718. The smallest absolute Gasteiger partial charge is 0.253 e. The van der Waals surface area contributed by atoms with Crippen molar-refractivity contribution in [3.63, 3.8) is 0 Å². The molecule has 158 valence electrons. The zero-order valence-corrected chi connectivity index (χ0v) is 18.0. The van der Waals surface area contributed by atoms with Gasteiger partial charge in [0, 0.05) is 57.4 Å². The van der Waals surface area contributed by atoms with Crippen LogP contribution in [-0.2, 0) is 18.4 Å². The molecule has 3 rings (SSSR count). The van der Waals surface area contributed by atoms with Gasteiger partial charge in [-0.2, -0.15) is 5.10 Å². The number of aryl methyl sites for hydroxylation is 1. The lowest BCUT2D eigenvalue weighted by Gasteiger charge is -2.19. The Morgan fingerprint density at radius 1 is 1.21 bits per heavy atom. The lowest BCUT2D eigenvalue weighted by atomic mass is 9.90. The van der Waals surface area contributed by atoms with Crippen LogP contribution in [0, 0.1) is 5.92 Å². The fraction of sp³-hybridized carbons (Fsp3) is 0.476. The summed E-state index contributed by atoms with van der Waals surface area (Å²) >= 11 is 0. The summed E-state index contributed by atoms with van der Waals surface area (Å²) in [5.41, 5.74) is 2.75. The van der Waals surface area contributed by atoms with Crippen molar-refractivity contribution >= 4 is 24.2 Å². The van der Waals surface area contributed by atoms with Crippen molar-refractivity contribution in [1.29, 1.82) is 0 Å². The Hall–Kier alpha value is -2.38. The van der Waals surface area contributed by atoms with E-state index in [4.69, 9.17) is 0 Å². The highest BCUT2D eigenvalue weighted by atomic mass is 35.5. The van der Waals surface area contributed by atoms with E-state index in [0.29, 0.717) is 31.7 Å². The summed E-state index contributed by atoms with van der Waals surface area (Å²) in [6.45, 7) is 7.24. The van der Waals surface area contributed by atoms with Gasteiger partial charge >= 0.3 is 0 Å². The van der Waals surface area contributed by atoms with Crippen molar-refractivity contribution in [2.24, 2.45) is 13.0 Å². The van der Waals surface area contributed by atoms with Gasteiger partial charge in [-0.3, -0.25) is 14.3 Å². The van der Waals surface area contributed by atoms with Gasteiger partial charge in [0.2, 0.25) is 5.91 Å². The summed E-state index contributed by atoms with van der Waals surface area (Å²) in [7, 11) is 1.88. The van der Waals surface area contributed by atoms with Crippen LogP contribution in [0.3, 0.4) is 0 Å². The molecule has 2 N–H and O–H groups in total. The summed E-state index contributed by atoms with van der Waals surface area (Å²) < 4.78 is 1.77. The topological polar surface area (TPSA) is 79.3 Å². The van der Waals surface area contributed by atoms with Crippen LogP contribution in [0.2, 0.25) is 0 Å². The molecule has 0 aliphatic carbocycles. The van der Waals surface area contributed by atoms with Crippen LogP contribution in [0.25, 0.3) is 0 Å². The van der Waals surface area contributed by atoms with E-state index in [1.165, 1.54) is 0 Å². The molecule has 29 heavy (non-hydrogen) atoms. The van der Waals surface area contributed by atoms with Crippen molar-refractivity contribution < 1.29 is 9.59 Å². The zero-order valence-electron chi connectivity index (χ0n) is 17.2. The number of rotatable bonds is 7. The van der Waals surface area contributed by atoms with Gasteiger partial charge in [-0.1, -0.05) is 12.1 Å². The molecule has 1 aliphatic rings. The molecule has 7 nitrogen and oxygen atoms in total. The lowest BCUT2D eigenvalue weighted by Crippen LogP contribution is -2.34. The first-order valence-electron chi connectivity index (χ1n) is 9.88. The molecule has 1 aromatic carbocycles. The average Bonchev–Trinajstić information content (AvgIpc) is 3.36. The third-order valence-corrected chi connectivity index (χ3v) is 5.42. The maximum absolute atomic E-state index is 12.7. The number of carbonyl (C=O) groups excluding carboxylic acids is 2. The molecule has 1 aliphatic heterocycles. The average molecular weight is 420 g/mol. The predicted octanol–water partition coefficient (Wildman–Crippen LogP) is 1.94. The molecule has 1 fully saturated rings. The number of benzene rings is 1. The number of halogens is 1. The molecule has 1 aromatic heterocycles. The minimum atomic E-state index is -0.104. The number of aromatic nitrogens is 2. The van der Waals surface area contributed by atoms with Gasteiger partial charge in [-0.25, -0.2) is 0 Å². The monoisotopic (exact) mass is 419 g/mol. The zero-order chi connectivity index (χ0) is 20.1. The van der Waals surface area contributed by atoms with Crippen molar-refractivity contribution in [1.82, 2.24) is 25.3 Å². The molecule has 2 aromatic rings. The first-order valence-corrected chi connectivity index (χ1v) is 9.88. The van der Waals surface area contributed by atoms with Gasteiger partial charge in [0.1, 0.15) is 0 Å². The second-order valence-electron chi connectivity index (χ2n) is 7.21. The van der Waals surface area contributed by atoms with Crippen LogP contribution in [0.1, 0.15) is 41.3 Å². The molecule has 0 spiro atoms. The number of nitrogens with one attached hydrogen (secondary N) is 2. The third-order valence-electron chi connectivity index (χ3n) is 5.42. The number of nitrogens with zero attached hydrogens (tertiary/aromatic N) is 3. The van der Waals surface area contributed by atoms with Gasteiger partial charge in [0.15, 0.2) is 0 Å². The summed E-state index contributed by atoms with van der Waals surface area (Å²) in [6.07, 6.45) is 3.81. The van der Waals surface area contributed by atoms with Crippen LogP contribution in [0.4, 0.5) is 0 Å². The standard InChI is InChI=1S/C21H29N5O2.ClH/c1-4-26(5-2)21(28)16-8-6-15(7-9-16)10-23-20(27)19-13-22-12-18(19)17-11-24-25(3)14-17;/h6-9,11,14,18-19,22H,4-5,10,12-13H2,1-3H3,(H,23,27);1H/t18-,19+;/m1./s1. The SMILES string of the molecule is CCN(CC)C(=O)c1ccc(CNC(=O)[C@H]2CNC[C@@H]2c2cnn(C)c2)cc1.Cl. The van der Waals surface area contributed by atoms with Crippen LogP contribution >= 0.6 is 12.4 Å². The number of amides is 2. The van der Waals surface area contributed by atoms with Gasteiger partial charge in [-0.15, -0.1) is 12.4 Å². The van der Waals surface area contributed by atoms with E-state index in [1.54, 1.807) is 9.58 Å². The summed E-state index contributed by atoms with van der Waals surface area (Å²) in [6, 6.07) is 7.47. The van der Waals surface area contributed by atoms with Gasteiger partial charge in [0.05, 0.1) is 12.1 Å². The normalized spacial score (nSPS) is 18.2. The molecule has 0 bridgehead atoms. The Balaban J connectivity index is 0.00000300. The van der Waals surface area contributed by atoms with Crippen molar-refractivity contribution in [2.45, 2.75) is 26.3 Å². The molecule has 0 unspecified atom stereocenters. The second-order valence-corrected chi connectivity index (χ2v) is 7.21. The van der Waals surface area contributed by atoms with E-state index in [1.807, 2.05) is 57.6 Å². The number of carbonyl (C=O) groups is 2. The van der Waals surface area contributed by atoms with E-state index >= 15 is 0 Å². The summed E-state index contributed by atoms with van der Waals surface area (Å²) in [5, 5.41) is 10.6. The van der Waals surface area contributed by atoms with Crippen molar-refractivity contribution in [3.8, 4) is 0 Å². The van der Waals surface area contributed by atoms with Gasteiger partial charge in [-0.05, 0) is 37.1 Å². The number of hydrogen-bond donors (Lipinski definition) is 2. The minimum absolute atomic E-state index is 0. The first-order chi connectivity index (χ1) is 13.5. The fourth-order valence-corrected chi connectivity index (χ4v) is 3.71. The lowest BCUT2D eigenvalue weighted by molar-refractivity contribution is -0.125. The van der Waals surface area contributed by atoms with E-state index in [-0.39, 0.29) is 36.1 Å². The molecule has 2 amide bonds. The Morgan fingerprint density at radius 3 is 2.48 bits per heavy atom. The van der Waals surface area contributed by atoms with Crippen molar-refractivity contribution in [3.05, 3.63) is 53.3 Å². The molecular weight excluding hydrogens is 390 g/mol. The van der Waals surface area contributed by atoms with Crippen LogP contribution < -0.4 is 10.6 Å². The Morgan fingerprint density at radius 2 is 1.90 bits per heavy atom. The second kappa shape index (κ2) is 10.4. The molecule has 2 heterocycles. The van der Waals surface area contributed by atoms with Crippen LogP contribution in [0.5, 0.6) is 0 Å². The third kappa shape index (κ3) is 5.36. The van der Waals surface area contributed by atoms with Gasteiger partial charge < -0.3 is 15.5 Å². The molecular formula is C21H30ClN5O2. The van der Waals surface area contributed by atoms with Crippen LogP contribution in [0.15, 0.2) is 36.7 Å². The maximum atomic E-state index is 12.7. The highest BCUT2D eigenvalue weighted by Gasteiger charge is 2.34. The fourth-order valence-electron chi connectivity index (χ4n) is 3.71. The van der Waals surface area contributed by atoms with E-state index in [9.17, 15) is 9.59 Å². The summed E-state index contributed by atoms with van der Waals surface area (Å²) in [5.74, 6) is 0.120. The molecule has 0 radical (unpaired) electrons. The molecule has 1 saturated heterocycles. The van der Waals surface area contributed by atoms with Crippen LogP contribution in [-0.4, -0.2) is 52.7 Å². The van der Waals surface area contributed by atoms with Gasteiger partial charge in [0.25, 0.3) is 5.91 Å².